The van der Waals surface area contributed by atoms with E-state index in [1.807, 2.05) is 0 Å². The molecular weight excluding hydrogens is 175 g/mol. The van der Waals surface area contributed by atoms with Gasteiger partial charge in [0.1, 0.15) is 0 Å². The molecule has 1 aromatic rings. The third kappa shape index (κ3) is 3.27. The largest absolute Gasteiger partial charge is 1.00 e. The van der Waals surface area contributed by atoms with Gasteiger partial charge in [-0.15, -0.1) is 0 Å². The maximum atomic E-state index is 10.2. The molecule has 0 bridgehead atoms. The van der Waals surface area contributed by atoms with E-state index in [1.165, 1.54) is 0 Å². The smallest absolute Gasteiger partial charge is 0.420 e. The molecule has 0 atom stereocenters. The minimum absolute atomic E-state index is 0. The maximum Gasteiger partial charge on any atom is 1.00 e. The Bertz CT molecular complexity index is 248. The predicted octanol–water partition coefficient (Wildman–Crippen LogP) is -1.64. The van der Waals surface area contributed by atoms with Gasteiger partial charge in [0.25, 0.3) is 0 Å². The summed E-state index contributed by atoms with van der Waals surface area (Å²) in [5.41, 5.74) is 0. The van der Waals surface area contributed by atoms with Gasteiger partial charge in [-0.1, -0.05) is 35.2 Å². The SMILES string of the molecule is O=[S-](=O)c1ccccc1.[K+]. The summed E-state index contributed by atoms with van der Waals surface area (Å²) in [6.45, 7) is 0. The Morgan fingerprint density at radius 3 is 1.80 bits per heavy atom. The summed E-state index contributed by atoms with van der Waals surface area (Å²) >= 11 is 0. The van der Waals surface area contributed by atoms with E-state index in [9.17, 15) is 8.42 Å². The van der Waals surface area contributed by atoms with Crippen molar-refractivity contribution in [3.8, 4) is 0 Å². The number of rotatable bonds is 1. The van der Waals surface area contributed by atoms with Crippen molar-refractivity contribution in [3.63, 3.8) is 0 Å². The van der Waals surface area contributed by atoms with Crippen molar-refractivity contribution in [2.24, 2.45) is 0 Å². The molecule has 0 aromatic heterocycles. The third-order valence-corrected chi connectivity index (χ3v) is 1.59. The molecule has 4 heteroatoms. The van der Waals surface area contributed by atoms with Gasteiger partial charge in [0.05, 0.1) is 0 Å². The molecule has 0 aliphatic rings. The van der Waals surface area contributed by atoms with Gasteiger partial charge >= 0.3 is 51.4 Å². The summed E-state index contributed by atoms with van der Waals surface area (Å²) in [5, 5.41) is 0. The number of hydrogen-bond donors (Lipinski definition) is 0. The van der Waals surface area contributed by atoms with Crippen LogP contribution < -0.4 is 51.4 Å². The third-order valence-electron chi connectivity index (χ3n) is 0.936. The van der Waals surface area contributed by atoms with Gasteiger partial charge in [0, 0.05) is 0 Å². The molecule has 0 aliphatic carbocycles. The van der Waals surface area contributed by atoms with Gasteiger partial charge in [0.2, 0.25) is 0 Å². The Hall–Kier alpha value is 0.806. The molecule has 2 nitrogen and oxygen atoms in total. The van der Waals surface area contributed by atoms with Crippen LogP contribution in [0.15, 0.2) is 35.2 Å². The molecular formula is C6H5KO2S. The van der Waals surface area contributed by atoms with E-state index >= 15 is 0 Å². The molecule has 48 valence electrons. The molecule has 0 saturated heterocycles. The molecule has 0 amide bonds. The molecule has 0 N–H and O–H groups in total. The zero-order valence-electron chi connectivity index (χ0n) is 5.61. The van der Waals surface area contributed by atoms with E-state index in [0.29, 0.717) is 4.90 Å². The van der Waals surface area contributed by atoms with Crippen molar-refractivity contribution in [1.82, 2.24) is 0 Å². The zero-order valence-corrected chi connectivity index (χ0v) is 9.55. The van der Waals surface area contributed by atoms with Gasteiger partial charge < -0.3 is 8.42 Å². The fourth-order valence-corrected chi connectivity index (χ4v) is 0.911. The van der Waals surface area contributed by atoms with E-state index < -0.39 is 10.7 Å². The number of hydrogen-bond acceptors (Lipinski definition) is 3. The summed E-state index contributed by atoms with van der Waals surface area (Å²) < 4.78 is 20.4. The molecule has 0 saturated carbocycles. The van der Waals surface area contributed by atoms with Crippen molar-refractivity contribution < 1.29 is 59.8 Å². The Morgan fingerprint density at radius 2 is 1.50 bits per heavy atom. The molecule has 0 spiro atoms. The Morgan fingerprint density at radius 1 is 1.00 bits per heavy atom. The summed E-state index contributed by atoms with van der Waals surface area (Å²) in [5.74, 6) is 0. The topological polar surface area (TPSA) is 34.1 Å². The van der Waals surface area contributed by atoms with Crippen LogP contribution in [-0.4, -0.2) is 0 Å². The molecule has 0 heterocycles. The Balaban J connectivity index is 0.000000810. The first kappa shape index (κ1) is 10.8. The average molecular weight is 180 g/mol. The average Bonchev–Trinajstić information content (AvgIpc) is 1.90. The minimum Gasteiger partial charge on any atom is -0.420 e. The van der Waals surface area contributed by atoms with Gasteiger partial charge in [-0.05, 0) is 10.7 Å². The monoisotopic (exact) mass is 180 g/mol. The first-order chi connectivity index (χ1) is 4.30. The van der Waals surface area contributed by atoms with Crippen LogP contribution in [0.3, 0.4) is 0 Å². The van der Waals surface area contributed by atoms with Gasteiger partial charge in [-0.3, -0.25) is 0 Å². The second-order valence-corrected chi connectivity index (χ2v) is 2.49. The Kier molecular flexibility index (Phi) is 5.90. The zero-order chi connectivity index (χ0) is 6.69. The second kappa shape index (κ2) is 5.46. The van der Waals surface area contributed by atoms with Crippen LogP contribution >= 0.6 is 0 Å². The summed E-state index contributed by atoms with van der Waals surface area (Å²) in [7, 11) is -2.08. The predicted molar refractivity (Wildman–Crippen MR) is 33.4 cm³/mol. The van der Waals surface area contributed by atoms with Crippen LogP contribution in [0, 0.1) is 0 Å². The van der Waals surface area contributed by atoms with Crippen molar-refractivity contribution in [2.45, 2.75) is 4.90 Å². The first-order valence-electron chi connectivity index (χ1n) is 2.45. The van der Waals surface area contributed by atoms with E-state index in [2.05, 4.69) is 0 Å². The quantitative estimate of drug-likeness (QED) is 0.384. The van der Waals surface area contributed by atoms with E-state index in [0.717, 1.165) is 0 Å². The van der Waals surface area contributed by atoms with Gasteiger partial charge in [-0.25, -0.2) is 0 Å². The summed E-state index contributed by atoms with van der Waals surface area (Å²) in [6.07, 6.45) is 0. The fraction of sp³-hybridized carbons (Fsp3) is 0. The van der Waals surface area contributed by atoms with Crippen molar-refractivity contribution in [3.05, 3.63) is 30.3 Å². The minimum atomic E-state index is -2.08. The molecule has 0 radical (unpaired) electrons. The van der Waals surface area contributed by atoms with Crippen LogP contribution in [0.2, 0.25) is 0 Å². The van der Waals surface area contributed by atoms with Crippen LogP contribution in [0.4, 0.5) is 0 Å². The van der Waals surface area contributed by atoms with Crippen molar-refractivity contribution in [2.75, 3.05) is 0 Å². The van der Waals surface area contributed by atoms with Crippen LogP contribution in [0.25, 0.3) is 0 Å². The molecule has 10 heavy (non-hydrogen) atoms. The summed E-state index contributed by atoms with van der Waals surface area (Å²) in [4.78, 5) is 0.331. The van der Waals surface area contributed by atoms with E-state index in [1.54, 1.807) is 30.3 Å². The standard InChI is InChI=1S/C6H5O2S.K/c7-9(8)6-4-2-1-3-5-6;/h1-5H;/q-1;+1. The second-order valence-electron chi connectivity index (χ2n) is 1.55. The molecule has 1 rings (SSSR count). The molecule has 1 aromatic carbocycles. The van der Waals surface area contributed by atoms with Crippen LogP contribution in [-0.2, 0) is 19.1 Å². The van der Waals surface area contributed by atoms with Crippen LogP contribution in [0.5, 0.6) is 0 Å². The van der Waals surface area contributed by atoms with Crippen molar-refractivity contribution in [1.29, 1.82) is 0 Å². The van der Waals surface area contributed by atoms with Crippen LogP contribution in [0.1, 0.15) is 0 Å². The molecule has 0 unspecified atom stereocenters. The summed E-state index contributed by atoms with van der Waals surface area (Å²) in [6, 6.07) is 8.23. The molecule has 0 fully saturated rings. The number of benzene rings is 1. The van der Waals surface area contributed by atoms with Crippen molar-refractivity contribution >= 4 is 10.7 Å². The molecule has 0 aliphatic heterocycles. The van der Waals surface area contributed by atoms with E-state index in [4.69, 9.17) is 0 Å². The van der Waals surface area contributed by atoms with Gasteiger partial charge in [0.15, 0.2) is 0 Å². The van der Waals surface area contributed by atoms with Gasteiger partial charge in [-0.2, -0.15) is 0 Å². The van der Waals surface area contributed by atoms with E-state index in [-0.39, 0.29) is 51.4 Å². The normalized spacial score (nSPS) is 8.90. The Labute approximate surface area is 104 Å². The first-order valence-corrected chi connectivity index (χ1v) is 3.52. The maximum absolute atomic E-state index is 10.2. The fourth-order valence-electron chi connectivity index (χ4n) is 0.532.